The Kier molecular flexibility index (Phi) is 3.85. The first kappa shape index (κ1) is 13.7. The van der Waals surface area contributed by atoms with Crippen molar-refractivity contribution in [3.05, 3.63) is 23.8 Å². The van der Waals surface area contributed by atoms with Crippen LogP contribution in [0.15, 0.2) is 18.2 Å². The van der Waals surface area contributed by atoms with Crippen molar-refractivity contribution in [1.82, 2.24) is 10.2 Å². The molecule has 2 aliphatic heterocycles. The number of nitrogens with zero attached hydrogens (tertiary/aromatic N) is 1. The number of ether oxygens (including phenoxy) is 2. The predicted octanol–water partition coefficient (Wildman–Crippen LogP) is 1.99. The highest BCUT2D eigenvalue weighted by Crippen LogP contribution is 2.36. The molecular weight excluding hydrogens is 252 g/mol. The average Bonchev–Trinajstić information content (AvgIpc) is 2.72. The van der Waals surface area contributed by atoms with Crippen LogP contribution >= 0.6 is 0 Å². The summed E-state index contributed by atoms with van der Waals surface area (Å²) in [6.45, 7) is 10.4. The van der Waals surface area contributed by atoms with Gasteiger partial charge in [-0.3, -0.25) is 4.90 Å². The monoisotopic (exact) mass is 276 g/mol. The fourth-order valence-corrected chi connectivity index (χ4v) is 2.95. The van der Waals surface area contributed by atoms with Crippen LogP contribution in [0.5, 0.6) is 11.5 Å². The van der Waals surface area contributed by atoms with Crippen LogP contribution in [-0.4, -0.2) is 44.3 Å². The molecule has 1 saturated heterocycles. The Morgan fingerprint density at radius 2 is 1.75 bits per heavy atom. The van der Waals surface area contributed by atoms with E-state index in [1.807, 2.05) is 0 Å². The standard InChI is InChI=1S/C16H24N2O2/c1-16(2,18-8-6-17-7-9-18)13-4-5-14-15(12-13)20-11-3-10-19-14/h4-5,12,17H,3,6-11H2,1-2H3. The highest BCUT2D eigenvalue weighted by Gasteiger charge is 2.30. The van der Waals surface area contributed by atoms with Gasteiger partial charge in [-0.1, -0.05) is 6.07 Å². The minimum Gasteiger partial charge on any atom is -0.490 e. The third kappa shape index (κ3) is 2.63. The normalized spacial score (nSPS) is 20.5. The Hall–Kier alpha value is -1.26. The molecule has 1 aromatic carbocycles. The number of piperazine rings is 1. The summed E-state index contributed by atoms with van der Waals surface area (Å²) in [5.74, 6) is 1.77. The summed E-state index contributed by atoms with van der Waals surface area (Å²) >= 11 is 0. The molecule has 1 fully saturated rings. The molecule has 0 bridgehead atoms. The number of nitrogens with one attached hydrogen (secondary N) is 1. The number of rotatable bonds is 2. The summed E-state index contributed by atoms with van der Waals surface area (Å²) in [5, 5.41) is 3.41. The smallest absolute Gasteiger partial charge is 0.161 e. The first-order valence-electron chi connectivity index (χ1n) is 7.54. The van der Waals surface area contributed by atoms with Gasteiger partial charge in [-0.05, 0) is 31.5 Å². The number of fused-ring (bicyclic) bond motifs is 1. The second-order valence-corrected chi connectivity index (χ2v) is 6.01. The molecule has 0 unspecified atom stereocenters. The second-order valence-electron chi connectivity index (χ2n) is 6.01. The summed E-state index contributed by atoms with van der Waals surface area (Å²) in [5.41, 5.74) is 1.32. The Labute approximate surface area is 121 Å². The third-order valence-corrected chi connectivity index (χ3v) is 4.36. The van der Waals surface area contributed by atoms with E-state index in [0.717, 1.165) is 57.3 Å². The molecule has 2 aliphatic rings. The zero-order chi connectivity index (χ0) is 14.0. The summed E-state index contributed by atoms with van der Waals surface area (Å²) in [4.78, 5) is 2.53. The summed E-state index contributed by atoms with van der Waals surface area (Å²) < 4.78 is 11.5. The summed E-state index contributed by atoms with van der Waals surface area (Å²) in [6, 6.07) is 6.39. The van der Waals surface area contributed by atoms with Gasteiger partial charge in [0.2, 0.25) is 0 Å². The Morgan fingerprint density at radius 1 is 1.05 bits per heavy atom. The van der Waals surface area contributed by atoms with Crippen molar-refractivity contribution in [2.45, 2.75) is 25.8 Å². The van der Waals surface area contributed by atoms with Crippen LogP contribution in [0.3, 0.4) is 0 Å². The zero-order valence-electron chi connectivity index (χ0n) is 12.4. The SMILES string of the molecule is CC(C)(c1ccc2c(c1)OCCCO2)N1CCNCC1. The van der Waals surface area contributed by atoms with Gasteiger partial charge < -0.3 is 14.8 Å². The minimum atomic E-state index is 0.0206. The molecule has 0 spiro atoms. The van der Waals surface area contributed by atoms with Crippen LogP contribution in [0.2, 0.25) is 0 Å². The highest BCUT2D eigenvalue weighted by molar-refractivity contribution is 5.45. The van der Waals surface area contributed by atoms with Gasteiger partial charge in [0.05, 0.1) is 13.2 Å². The van der Waals surface area contributed by atoms with Crippen LogP contribution in [0, 0.1) is 0 Å². The maximum atomic E-state index is 5.82. The molecule has 0 aliphatic carbocycles. The lowest BCUT2D eigenvalue weighted by atomic mass is 9.91. The van der Waals surface area contributed by atoms with Crippen molar-refractivity contribution < 1.29 is 9.47 Å². The van der Waals surface area contributed by atoms with Gasteiger partial charge in [-0.2, -0.15) is 0 Å². The Morgan fingerprint density at radius 3 is 2.50 bits per heavy atom. The van der Waals surface area contributed by atoms with Crippen LogP contribution < -0.4 is 14.8 Å². The van der Waals surface area contributed by atoms with Crippen LogP contribution in [0.4, 0.5) is 0 Å². The van der Waals surface area contributed by atoms with E-state index < -0.39 is 0 Å². The van der Waals surface area contributed by atoms with Gasteiger partial charge in [-0.25, -0.2) is 0 Å². The van der Waals surface area contributed by atoms with Gasteiger partial charge in [0.15, 0.2) is 11.5 Å². The van der Waals surface area contributed by atoms with Crippen molar-refractivity contribution >= 4 is 0 Å². The number of hydrogen-bond donors (Lipinski definition) is 1. The minimum absolute atomic E-state index is 0.0206. The third-order valence-electron chi connectivity index (χ3n) is 4.36. The molecule has 110 valence electrons. The first-order chi connectivity index (χ1) is 9.68. The van der Waals surface area contributed by atoms with Crippen LogP contribution in [0.1, 0.15) is 25.8 Å². The van der Waals surface area contributed by atoms with E-state index in [4.69, 9.17) is 9.47 Å². The topological polar surface area (TPSA) is 33.7 Å². The van der Waals surface area contributed by atoms with Gasteiger partial charge in [0.25, 0.3) is 0 Å². The molecule has 20 heavy (non-hydrogen) atoms. The Bertz CT molecular complexity index is 468. The lowest BCUT2D eigenvalue weighted by Crippen LogP contribution is -2.51. The van der Waals surface area contributed by atoms with E-state index in [1.165, 1.54) is 5.56 Å². The van der Waals surface area contributed by atoms with Gasteiger partial charge in [-0.15, -0.1) is 0 Å². The van der Waals surface area contributed by atoms with Crippen molar-refractivity contribution in [3.63, 3.8) is 0 Å². The Balaban J connectivity index is 1.87. The summed E-state index contributed by atoms with van der Waals surface area (Å²) in [7, 11) is 0. The molecule has 4 nitrogen and oxygen atoms in total. The highest BCUT2D eigenvalue weighted by atomic mass is 16.5. The molecule has 0 aromatic heterocycles. The quantitative estimate of drug-likeness (QED) is 0.895. The number of benzene rings is 1. The second kappa shape index (κ2) is 5.62. The van der Waals surface area contributed by atoms with Gasteiger partial charge in [0.1, 0.15) is 0 Å². The maximum absolute atomic E-state index is 5.82. The largest absolute Gasteiger partial charge is 0.490 e. The van der Waals surface area contributed by atoms with E-state index in [0.29, 0.717) is 0 Å². The van der Waals surface area contributed by atoms with Crippen LogP contribution in [0.25, 0.3) is 0 Å². The maximum Gasteiger partial charge on any atom is 0.161 e. The van der Waals surface area contributed by atoms with E-state index in [9.17, 15) is 0 Å². The predicted molar refractivity (Wildman–Crippen MR) is 79.5 cm³/mol. The molecule has 1 aromatic rings. The van der Waals surface area contributed by atoms with Crippen molar-refractivity contribution in [1.29, 1.82) is 0 Å². The fraction of sp³-hybridized carbons (Fsp3) is 0.625. The van der Waals surface area contributed by atoms with E-state index in [1.54, 1.807) is 0 Å². The molecule has 2 heterocycles. The fourth-order valence-electron chi connectivity index (χ4n) is 2.95. The molecule has 0 saturated carbocycles. The lowest BCUT2D eigenvalue weighted by molar-refractivity contribution is 0.102. The zero-order valence-corrected chi connectivity index (χ0v) is 12.4. The van der Waals surface area contributed by atoms with Crippen molar-refractivity contribution in [2.24, 2.45) is 0 Å². The average molecular weight is 276 g/mol. The molecule has 4 heteroatoms. The molecule has 0 atom stereocenters. The molecular formula is C16H24N2O2. The van der Waals surface area contributed by atoms with Crippen LogP contribution in [-0.2, 0) is 5.54 Å². The van der Waals surface area contributed by atoms with Gasteiger partial charge >= 0.3 is 0 Å². The van der Waals surface area contributed by atoms with Crippen molar-refractivity contribution in [2.75, 3.05) is 39.4 Å². The van der Waals surface area contributed by atoms with E-state index in [2.05, 4.69) is 42.3 Å². The van der Waals surface area contributed by atoms with E-state index in [-0.39, 0.29) is 5.54 Å². The van der Waals surface area contributed by atoms with Crippen molar-refractivity contribution in [3.8, 4) is 11.5 Å². The lowest BCUT2D eigenvalue weighted by Gasteiger charge is -2.41. The van der Waals surface area contributed by atoms with Gasteiger partial charge in [0, 0.05) is 38.1 Å². The first-order valence-corrected chi connectivity index (χ1v) is 7.54. The van der Waals surface area contributed by atoms with E-state index >= 15 is 0 Å². The molecule has 0 amide bonds. The molecule has 0 radical (unpaired) electrons. The number of hydrogen-bond acceptors (Lipinski definition) is 4. The molecule has 1 N–H and O–H groups in total. The summed E-state index contributed by atoms with van der Waals surface area (Å²) in [6.07, 6.45) is 0.950. The molecule has 3 rings (SSSR count).